The third-order valence-corrected chi connectivity index (χ3v) is 3.53. The Morgan fingerprint density at radius 3 is 2.79 bits per heavy atom. The van der Waals surface area contributed by atoms with Crippen molar-refractivity contribution in [2.75, 3.05) is 18.0 Å². The lowest BCUT2D eigenvalue weighted by atomic mass is 10.1. The van der Waals surface area contributed by atoms with Crippen molar-refractivity contribution in [3.8, 4) is 0 Å². The Morgan fingerprint density at radius 1 is 1.47 bits per heavy atom. The minimum absolute atomic E-state index is 0.139. The van der Waals surface area contributed by atoms with Crippen LogP contribution in [0.15, 0.2) is 12.1 Å². The highest BCUT2D eigenvalue weighted by atomic mass is 19.1. The summed E-state index contributed by atoms with van der Waals surface area (Å²) in [4.78, 5) is 12.6. The maximum atomic E-state index is 13.5. The zero-order chi connectivity index (χ0) is 14.2. The normalized spacial score (nSPS) is 23.5. The van der Waals surface area contributed by atoms with E-state index in [0.717, 1.165) is 12.6 Å². The SMILES string of the molecule is Cc1cc(N2CC(C)NCC2C)c([N+](=O)[O-])cc1F. The number of nitro benzene ring substituents is 1. The summed E-state index contributed by atoms with van der Waals surface area (Å²) in [5.41, 5.74) is 0.771. The quantitative estimate of drug-likeness (QED) is 0.659. The molecule has 1 heterocycles. The van der Waals surface area contributed by atoms with Crippen LogP contribution in [0.4, 0.5) is 15.8 Å². The van der Waals surface area contributed by atoms with E-state index in [1.165, 1.54) is 0 Å². The molecule has 19 heavy (non-hydrogen) atoms. The lowest BCUT2D eigenvalue weighted by Gasteiger charge is -2.39. The average Bonchev–Trinajstić information content (AvgIpc) is 2.35. The number of rotatable bonds is 2. The molecule has 0 aliphatic carbocycles. The first-order chi connectivity index (χ1) is 8.90. The molecule has 2 atom stereocenters. The summed E-state index contributed by atoms with van der Waals surface area (Å²) in [6, 6.07) is 2.98. The molecule has 0 radical (unpaired) electrons. The number of hydrogen-bond donors (Lipinski definition) is 1. The van der Waals surface area contributed by atoms with Crippen LogP contribution < -0.4 is 10.2 Å². The Bertz CT molecular complexity index is 507. The molecular weight excluding hydrogens is 249 g/mol. The zero-order valence-corrected chi connectivity index (χ0v) is 11.3. The first kappa shape index (κ1) is 13.7. The fourth-order valence-corrected chi connectivity index (χ4v) is 2.39. The van der Waals surface area contributed by atoms with Crippen molar-refractivity contribution < 1.29 is 9.31 Å². The predicted octanol–water partition coefficient (Wildman–Crippen LogP) is 2.23. The van der Waals surface area contributed by atoms with E-state index in [9.17, 15) is 14.5 Å². The maximum Gasteiger partial charge on any atom is 0.295 e. The van der Waals surface area contributed by atoms with Gasteiger partial charge in [0.15, 0.2) is 0 Å². The lowest BCUT2D eigenvalue weighted by molar-refractivity contribution is -0.384. The zero-order valence-electron chi connectivity index (χ0n) is 11.3. The highest BCUT2D eigenvalue weighted by Crippen LogP contribution is 2.33. The third-order valence-electron chi connectivity index (χ3n) is 3.53. The molecule has 6 heteroatoms. The maximum absolute atomic E-state index is 13.5. The Hall–Kier alpha value is -1.69. The van der Waals surface area contributed by atoms with E-state index < -0.39 is 10.7 Å². The Kier molecular flexibility index (Phi) is 3.71. The van der Waals surface area contributed by atoms with Crippen LogP contribution >= 0.6 is 0 Å². The van der Waals surface area contributed by atoms with E-state index in [0.29, 0.717) is 17.8 Å². The number of nitro groups is 1. The molecule has 0 aromatic heterocycles. The smallest absolute Gasteiger partial charge is 0.295 e. The molecule has 0 saturated carbocycles. The van der Waals surface area contributed by atoms with Gasteiger partial charge < -0.3 is 10.2 Å². The van der Waals surface area contributed by atoms with E-state index in [-0.39, 0.29) is 17.8 Å². The molecule has 0 spiro atoms. The van der Waals surface area contributed by atoms with Crippen molar-refractivity contribution in [2.24, 2.45) is 0 Å². The van der Waals surface area contributed by atoms with Crippen LogP contribution in [-0.4, -0.2) is 30.1 Å². The number of anilines is 1. The van der Waals surface area contributed by atoms with E-state index >= 15 is 0 Å². The monoisotopic (exact) mass is 267 g/mol. The molecule has 1 aromatic carbocycles. The number of halogens is 1. The second kappa shape index (κ2) is 5.13. The van der Waals surface area contributed by atoms with E-state index in [2.05, 4.69) is 5.32 Å². The molecule has 1 aromatic rings. The number of nitrogens with zero attached hydrogens (tertiary/aromatic N) is 2. The largest absolute Gasteiger partial charge is 0.360 e. The van der Waals surface area contributed by atoms with Crippen LogP contribution in [0, 0.1) is 22.9 Å². The molecule has 1 aliphatic rings. The third kappa shape index (κ3) is 2.68. The van der Waals surface area contributed by atoms with Crippen molar-refractivity contribution in [3.63, 3.8) is 0 Å². The fraction of sp³-hybridized carbons (Fsp3) is 0.538. The van der Waals surface area contributed by atoms with Crippen LogP contribution in [0.3, 0.4) is 0 Å². The molecule has 2 rings (SSSR count). The van der Waals surface area contributed by atoms with E-state index in [1.54, 1.807) is 13.0 Å². The molecule has 104 valence electrons. The van der Waals surface area contributed by atoms with Gasteiger partial charge >= 0.3 is 0 Å². The molecule has 0 amide bonds. The van der Waals surface area contributed by atoms with Crippen molar-refractivity contribution in [1.82, 2.24) is 5.32 Å². The second-order valence-electron chi connectivity index (χ2n) is 5.16. The summed E-state index contributed by atoms with van der Waals surface area (Å²) in [5, 5.41) is 14.4. The van der Waals surface area contributed by atoms with Crippen molar-refractivity contribution in [1.29, 1.82) is 0 Å². The van der Waals surface area contributed by atoms with Crippen molar-refractivity contribution in [3.05, 3.63) is 33.6 Å². The summed E-state index contributed by atoms with van der Waals surface area (Å²) < 4.78 is 13.5. The van der Waals surface area contributed by atoms with Crippen LogP contribution in [0.1, 0.15) is 19.4 Å². The van der Waals surface area contributed by atoms with Gasteiger partial charge in [0.25, 0.3) is 5.69 Å². The molecule has 2 unspecified atom stereocenters. The topological polar surface area (TPSA) is 58.4 Å². The van der Waals surface area contributed by atoms with Crippen molar-refractivity contribution >= 4 is 11.4 Å². The Balaban J connectivity index is 2.47. The van der Waals surface area contributed by atoms with Gasteiger partial charge in [0.1, 0.15) is 11.5 Å². The summed E-state index contributed by atoms with van der Waals surface area (Å²) in [7, 11) is 0. The summed E-state index contributed by atoms with van der Waals surface area (Å²) in [6.45, 7) is 7.09. The van der Waals surface area contributed by atoms with Crippen LogP contribution in [-0.2, 0) is 0 Å². The minimum atomic E-state index is -0.536. The van der Waals surface area contributed by atoms with Gasteiger partial charge in [-0.3, -0.25) is 10.1 Å². The number of hydrogen-bond acceptors (Lipinski definition) is 4. The summed E-state index contributed by atoms with van der Waals surface area (Å²) in [6.07, 6.45) is 0. The molecule has 1 aliphatic heterocycles. The molecular formula is C13H18FN3O2. The van der Waals surface area contributed by atoms with Gasteiger partial charge in [-0.05, 0) is 32.4 Å². The average molecular weight is 267 g/mol. The molecule has 1 fully saturated rings. The van der Waals surface area contributed by atoms with Crippen LogP contribution in [0.2, 0.25) is 0 Å². The standard InChI is InChI=1S/C13H18FN3O2/c1-8-4-12(13(17(18)19)5-11(8)14)16-7-9(2)15-6-10(16)3/h4-5,9-10,15H,6-7H2,1-3H3. The van der Waals surface area contributed by atoms with Crippen LogP contribution in [0.5, 0.6) is 0 Å². The Labute approximate surface area is 111 Å². The number of aryl methyl sites for hydroxylation is 1. The minimum Gasteiger partial charge on any atom is -0.360 e. The molecule has 5 nitrogen and oxygen atoms in total. The molecule has 1 N–H and O–H groups in total. The van der Waals surface area contributed by atoms with Gasteiger partial charge in [-0.25, -0.2) is 4.39 Å². The van der Waals surface area contributed by atoms with Crippen LogP contribution in [0.25, 0.3) is 0 Å². The van der Waals surface area contributed by atoms with Gasteiger partial charge in [0.2, 0.25) is 0 Å². The van der Waals surface area contributed by atoms with Crippen molar-refractivity contribution in [2.45, 2.75) is 32.9 Å². The van der Waals surface area contributed by atoms with Gasteiger partial charge in [-0.15, -0.1) is 0 Å². The van der Waals surface area contributed by atoms with Gasteiger partial charge in [0.05, 0.1) is 11.0 Å². The number of benzene rings is 1. The summed E-state index contributed by atoms with van der Waals surface area (Å²) >= 11 is 0. The lowest BCUT2D eigenvalue weighted by Crippen LogP contribution is -2.54. The van der Waals surface area contributed by atoms with Gasteiger partial charge in [-0.2, -0.15) is 0 Å². The first-order valence-corrected chi connectivity index (χ1v) is 6.34. The first-order valence-electron chi connectivity index (χ1n) is 6.34. The highest BCUT2D eigenvalue weighted by molar-refractivity contribution is 5.65. The van der Waals surface area contributed by atoms with Gasteiger partial charge in [-0.1, -0.05) is 0 Å². The van der Waals surface area contributed by atoms with Gasteiger partial charge in [0, 0.05) is 25.2 Å². The van der Waals surface area contributed by atoms with E-state index in [1.807, 2.05) is 18.7 Å². The second-order valence-corrected chi connectivity index (χ2v) is 5.16. The Morgan fingerprint density at radius 2 is 2.16 bits per heavy atom. The highest BCUT2D eigenvalue weighted by Gasteiger charge is 2.29. The fourth-order valence-electron chi connectivity index (χ4n) is 2.39. The number of nitrogens with one attached hydrogen (secondary N) is 1. The number of piperazine rings is 1. The molecule has 0 bridgehead atoms. The predicted molar refractivity (Wildman–Crippen MR) is 72.1 cm³/mol. The molecule has 1 saturated heterocycles. The summed E-state index contributed by atoms with van der Waals surface area (Å²) in [5.74, 6) is -0.536. The van der Waals surface area contributed by atoms with E-state index in [4.69, 9.17) is 0 Å².